The van der Waals surface area contributed by atoms with E-state index in [1.165, 1.54) is 17.0 Å². The van der Waals surface area contributed by atoms with E-state index in [0.717, 1.165) is 16.7 Å². The average Bonchev–Trinajstić information content (AvgIpc) is 2.71. The van der Waals surface area contributed by atoms with E-state index in [9.17, 15) is 4.39 Å². The quantitative estimate of drug-likeness (QED) is 0.649. The van der Waals surface area contributed by atoms with Crippen LogP contribution in [0.3, 0.4) is 0 Å². The molecular formula is C13H15FN2S. The minimum absolute atomic E-state index is 0.157. The number of aryl methyl sites for hydroxylation is 2. The van der Waals surface area contributed by atoms with Crippen LogP contribution in [0.2, 0.25) is 0 Å². The first-order valence-corrected chi connectivity index (χ1v) is 6.27. The van der Waals surface area contributed by atoms with Gasteiger partial charge in [-0.1, -0.05) is 6.07 Å². The van der Waals surface area contributed by atoms with Gasteiger partial charge in [-0.25, -0.2) is 9.82 Å². The monoisotopic (exact) mass is 250 g/mol. The molecule has 0 aliphatic carbocycles. The van der Waals surface area contributed by atoms with Crippen LogP contribution in [0.4, 0.5) is 4.39 Å². The lowest BCUT2D eigenvalue weighted by Crippen LogP contribution is -2.29. The fourth-order valence-electron chi connectivity index (χ4n) is 1.90. The molecule has 0 aliphatic heterocycles. The number of hydrogen-bond donors (Lipinski definition) is 2. The van der Waals surface area contributed by atoms with Crippen LogP contribution in [-0.2, 0) is 0 Å². The van der Waals surface area contributed by atoms with E-state index >= 15 is 0 Å². The second kappa shape index (κ2) is 4.96. The van der Waals surface area contributed by atoms with Crippen LogP contribution in [0.5, 0.6) is 0 Å². The molecule has 2 nitrogen and oxygen atoms in total. The maximum Gasteiger partial charge on any atom is 0.123 e. The normalized spacial score (nSPS) is 12.7. The molecular weight excluding hydrogens is 235 g/mol. The Balaban J connectivity index is 2.45. The molecule has 1 aromatic carbocycles. The van der Waals surface area contributed by atoms with Gasteiger partial charge in [-0.3, -0.25) is 5.84 Å². The summed E-state index contributed by atoms with van der Waals surface area (Å²) in [6, 6.07) is 6.68. The third-order valence-electron chi connectivity index (χ3n) is 2.80. The van der Waals surface area contributed by atoms with Gasteiger partial charge >= 0.3 is 0 Å². The van der Waals surface area contributed by atoms with Gasteiger partial charge in [-0.05, 0) is 54.1 Å². The first-order chi connectivity index (χ1) is 8.11. The predicted octanol–water partition coefficient (Wildman–Crippen LogP) is 3.06. The lowest BCUT2D eigenvalue weighted by Gasteiger charge is -2.17. The Hall–Kier alpha value is -1.23. The third-order valence-corrected chi connectivity index (χ3v) is 3.68. The van der Waals surface area contributed by atoms with Gasteiger partial charge in [0, 0.05) is 4.88 Å². The second-order valence-corrected chi connectivity index (χ2v) is 5.21. The molecule has 17 heavy (non-hydrogen) atoms. The summed E-state index contributed by atoms with van der Waals surface area (Å²) in [5, 5.41) is 2.05. The number of halogens is 1. The second-order valence-electron chi connectivity index (χ2n) is 4.09. The maximum absolute atomic E-state index is 13.3. The highest BCUT2D eigenvalue weighted by Crippen LogP contribution is 2.28. The molecule has 90 valence electrons. The zero-order chi connectivity index (χ0) is 12.4. The summed E-state index contributed by atoms with van der Waals surface area (Å²) in [5.41, 5.74) is 5.73. The van der Waals surface area contributed by atoms with Gasteiger partial charge in [0.05, 0.1) is 6.04 Å². The zero-order valence-electron chi connectivity index (χ0n) is 9.83. The number of hydrogen-bond acceptors (Lipinski definition) is 3. The van der Waals surface area contributed by atoms with E-state index in [4.69, 9.17) is 5.84 Å². The molecule has 2 aromatic rings. The summed E-state index contributed by atoms with van der Waals surface area (Å²) in [6.07, 6.45) is 0. The highest BCUT2D eigenvalue weighted by atomic mass is 32.1. The molecule has 3 N–H and O–H groups in total. The number of thiophene rings is 1. The van der Waals surface area contributed by atoms with Gasteiger partial charge < -0.3 is 0 Å². The Morgan fingerprint density at radius 3 is 2.65 bits per heavy atom. The molecule has 0 saturated carbocycles. The van der Waals surface area contributed by atoms with E-state index in [1.54, 1.807) is 17.4 Å². The lowest BCUT2D eigenvalue weighted by molar-refractivity contribution is 0.603. The average molecular weight is 250 g/mol. The fourth-order valence-corrected chi connectivity index (χ4v) is 2.63. The maximum atomic E-state index is 13.3. The molecule has 1 aromatic heterocycles. The van der Waals surface area contributed by atoms with Crippen molar-refractivity contribution in [3.8, 4) is 0 Å². The standard InChI is InChI=1S/C13H15FN2S/c1-8-3-4-11(14)6-12(8)13(16-15)10-5-9(2)17-7-10/h3-7,13,16H,15H2,1-2H3. The predicted molar refractivity (Wildman–Crippen MR) is 69.4 cm³/mol. The van der Waals surface area contributed by atoms with Crippen LogP contribution in [0.1, 0.15) is 27.6 Å². The van der Waals surface area contributed by atoms with Crippen molar-refractivity contribution in [1.82, 2.24) is 5.43 Å². The van der Waals surface area contributed by atoms with E-state index < -0.39 is 0 Å². The van der Waals surface area contributed by atoms with Gasteiger partial charge in [0.15, 0.2) is 0 Å². The topological polar surface area (TPSA) is 38.0 Å². The Bertz CT molecular complexity index is 522. The van der Waals surface area contributed by atoms with E-state index in [1.807, 2.05) is 19.2 Å². The van der Waals surface area contributed by atoms with Crippen molar-refractivity contribution >= 4 is 11.3 Å². The zero-order valence-corrected chi connectivity index (χ0v) is 10.6. The number of benzene rings is 1. The van der Waals surface area contributed by atoms with Crippen molar-refractivity contribution in [1.29, 1.82) is 0 Å². The molecule has 2 rings (SSSR count). The third kappa shape index (κ3) is 2.54. The van der Waals surface area contributed by atoms with Gasteiger partial charge in [0.25, 0.3) is 0 Å². The number of rotatable bonds is 3. The van der Waals surface area contributed by atoms with Gasteiger partial charge in [0.1, 0.15) is 5.82 Å². The number of hydrazine groups is 1. The first-order valence-electron chi connectivity index (χ1n) is 5.39. The van der Waals surface area contributed by atoms with Crippen molar-refractivity contribution in [3.63, 3.8) is 0 Å². The molecule has 0 amide bonds. The van der Waals surface area contributed by atoms with E-state index in [0.29, 0.717) is 0 Å². The van der Waals surface area contributed by atoms with E-state index in [2.05, 4.69) is 11.5 Å². The summed E-state index contributed by atoms with van der Waals surface area (Å²) in [7, 11) is 0. The van der Waals surface area contributed by atoms with Crippen LogP contribution in [0.15, 0.2) is 29.6 Å². The fraction of sp³-hybridized carbons (Fsp3) is 0.231. The van der Waals surface area contributed by atoms with Crippen molar-refractivity contribution in [3.05, 3.63) is 57.0 Å². The van der Waals surface area contributed by atoms with Crippen molar-refractivity contribution in [2.75, 3.05) is 0 Å². The SMILES string of the molecule is Cc1cc(C(NN)c2cc(F)ccc2C)cs1. The number of nitrogens with one attached hydrogen (secondary N) is 1. The summed E-state index contributed by atoms with van der Waals surface area (Å²) >= 11 is 1.66. The highest BCUT2D eigenvalue weighted by molar-refractivity contribution is 7.10. The van der Waals surface area contributed by atoms with Gasteiger partial charge in [-0.15, -0.1) is 11.3 Å². The van der Waals surface area contributed by atoms with Crippen molar-refractivity contribution in [2.45, 2.75) is 19.9 Å². The molecule has 0 fully saturated rings. The number of nitrogens with two attached hydrogens (primary N) is 1. The molecule has 1 heterocycles. The molecule has 0 spiro atoms. The molecule has 0 aliphatic rings. The molecule has 1 unspecified atom stereocenters. The molecule has 0 bridgehead atoms. The Kier molecular flexibility index (Phi) is 3.57. The summed E-state index contributed by atoms with van der Waals surface area (Å²) in [4.78, 5) is 1.22. The first kappa shape index (κ1) is 12.2. The Morgan fingerprint density at radius 1 is 1.29 bits per heavy atom. The van der Waals surface area contributed by atoms with Crippen LogP contribution < -0.4 is 11.3 Å². The van der Waals surface area contributed by atoms with Crippen molar-refractivity contribution in [2.24, 2.45) is 5.84 Å². The van der Waals surface area contributed by atoms with Crippen LogP contribution in [0, 0.1) is 19.7 Å². The summed E-state index contributed by atoms with van der Waals surface area (Å²) < 4.78 is 13.3. The van der Waals surface area contributed by atoms with Crippen LogP contribution in [-0.4, -0.2) is 0 Å². The van der Waals surface area contributed by atoms with Crippen LogP contribution in [0.25, 0.3) is 0 Å². The minimum atomic E-state index is -0.238. The highest BCUT2D eigenvalue weighted by Gasteiger charge is 2.16. The van der Waals surface area contributed by atoms with Gasteiger partial charge in [-0.2, -0.15) is 0 Å². The van der Waals surface area contributed by atoms with Crippen molar-refractivity contribution < 1.29 is 4.39 Å². The smallest absolute Gasteiger partial charge is 0.123 e. The van der Waals surface area contributed by atoms with Gasteiger partial charge in [0.2, 0.25) is 0 Å². The summed E-state index contributed by atoms with van der Waals surface area (Å²) in [6.45, 7) is 4.00. The molecule has 0 radical (unpaired) electrons. The van der Waals surface area contributed by atoms with Crippen LogP contribution >= 0.6 is 11.3 Å². The van der Waals surface area contributed by atoms with E-state index in [-0.39, 0.29) is 11.9 Å². The largest absolute Gasteiger partial charge is 0.271 e. The Labute approximate surface area is 104 Å². The lowest BCUT2D eigenvalue weighted by atomic mass is 9.97. The molecule has 4 heteroatoms. The summed E-state index contributed by atoms with van der Waals surface area (Å²) in [5.74, 6) is 5.36. The minimum Gasteiger partial charge on any atom is -0.271 e. The molecule has 1 atom stereocenters. The molecule has 0 saturated heterocycles. The Morgan fingerprint density at radius 2 is 2.06 bits per heavy atom.